The molecule has 2 amide bonds. The monoisotopic (exact) mass is 565 g/mol. The molecule has 8 rings (SSSR count). The van der Waals surface area contributed by atoms with Crippen LogP contribution in [0.15, 0.2) is 140 Å². The molecule has 7 aromatic rings. The van der Waals surface area contributed by atoms with Gasteiger partial charge in [0.2, 0.25) is 0 Å². The van der Waals surface area contributed by atoms with Gasteiger partial charge in [-0.15, -0.1) is 0 Å². The van der Waals surface area contributed by atoms with Crippen LogP contribution in [0, 0.1) is 11.3 Å². The van der Waals surface area contributed by atoms with E-state index in [1.165, 1.54) is 4.90 Å². The maximum atomic E-state index is 14.1. The second kappa shape index (κ2) is 9.94. The lowest BCUT2D eigenvalue weighted by Gasteiger charge is -2.15. The first-order valence-corrected chi connectivity index (χ1v) is 14.3. The highest BCUT2D eigenvalue weighted by Crippen LogP contribution is 2.39. The summed E-state index contributed by atoms with van der Waals surface area (Å²) < 4.78 is 2.07. The number of amides is 2. The average Bonchev–Trinajstić information content (AvgIpc) is 3.55. The Morgan fingerprint density at radius 1 is 0.523 bits per heavy atom. The van der Waals surface area contributed by atoms with Gasteiger partial charge >= 0.3 is 0 Å². The summed E-state index contributed by atoms with van der Waals surface area (Å²) in [5.74, 6) is -0.686. The summed E-state index contributed by atoms with van der Waals surface area (Å²) in [6.45, 7) is 0. The molecule has 0 radical (unpaired) electrons. The Bertz CT molecular complexity index is 2330. The molecule has 0 spiro atoms. The van der Waals surface area contributed by atoms with E-state index in [1.54, 1.807) is 6.07 Å². The summed E-state index contributed by atoms with van der Waals surface area (Å²) >= 11 is 0. The molecule has 1 aromatic heterocycles. The highest BCUT2D eigenvalue weighted by atomic mass is 16.2. The van der Waals surface area contributed by atoms with Gasteiger partial charge in [0, 0.05) is 10.8 Å². The van der Waals surface area contributed by atoms with Crippen LogP contribution in [0.4, 0.5) is 5.69 Å². The average molecular weight is 566 g/mol. The Kier molecular flexibility index (Phi) is 5.75. The summed E-state index contributed by atoms with van der Waals surface area (Å²) in [6, 6.07) is 47.0. The SMILES string of the molecule is N#Cc1ccccc1-c1ccc2c(c1)c1ccccc1n2-c1cccc2c1C(=O)N(c1ccc(-c3ccccc3)cc1)C2=O. The van der Waals surface area contributed by atoms with E-state index < -0.39 is 0 Å². The Hall–Kier alpha value is -6.25. The van der Waals surface area contributed by atoms with Crippen LogP contribution in [-0.2, 0) is 0 Å². The lowest BCUT2D eigenvalue weighted by atomic mass is 9.98. The number of nitrogens with zero attached hydrogens (tertiary/aromatic N) is 3. The fourth-order valence-electron chi connectivity index (χ4n) is 6.35. The smallest absolute Gasteiger partial charge is 0.268 e. The standard InChI is InChI=1S/C39H23N3O2/c40-24-28-11-4-5-12-30(28)27-19-22-35-33(23-27)31-13-6-7-15-34(31)42(35)36-16-8-14-32-37(36)39(44)41(38(32)43)29-20-17-26(18-21-29)25-9-2-1-3-10-25/h1-23H. The van der Waals surface area contributed by atoms with Crippen molar-refractivity contribution in [2.45, 2.75) is 0 Å². The predicted octanol–water partition coefficient (Wildman–Crippen LogP) is 8.79. The number of anilines is 1. The van der Waals surface area contributed by atoms with Crippen molar-refractivity contribution in [2.75, 3.05) is 4.90 Å². The van der Waals surface area contributed by atoms with Crippen molar-refractivity contribution >= 4 is 39.3 Å². The molecule has 0 saturated carbocycles. The van der Waals surface area contributed by atoms with Gasteiger partial charge in [-0.3, -0.25) is 9.59 Å². The van der Waals surface area contributed by atoms with E-state index in [9.17, 15) is 14.9 Å². The van der Waals surface area contributed by atoms with Crippen molar-refractivity contribution in [3.8, 4) is 34.0 Å². The number of nitriles is 1. The van der Waals surface area contributed by atoms with Crippen LogP contribution in [0.2, 0.25) is 0 Å². The topological polar surface area (TPSA) is 66.1 Å². The van der Waals surface area contributed by atoms with Gasteiger partial charge in [-0.25, -0.2) is 4.90 Å². The maximum absolute atomic E-state index is 14.1. The van der Waals surface area contributed by atoms with E-state index in [2.05, 4.69) is 22.8 Å². The zero-order valence-electron chi connectivity index (χ0n) is 23.4. The molecule has 0 bridgehead atoms. The zero-order valence-corrected chi connectivity index (χ0v) is 23.4. The Morgan fingerprint density at radius 2 is 1.18 bits per heavy atom. The molecule has 0 unspecified atom stereocenters. The number of hydrogen-bond acceptors (Lipinski definition) is 3. The van der Waals surface area contributed by atoms with E-state index in [0.29, 0.717) is 28.1 Å². The van der Waals surface area contributed by atoms with Crippen LogP contribution in [0.25, 0.3) is 49.7 Å². The normalized spacial score (nSPS) is 12.6. The third kappa shape index (κ3) is 3.79. The minimum absolute atomic E-state index is 0.338. The van der Waals surface area contributed by atoms with Gasteiger partial charge in [0.15, 0.2) is 0 Å². The van der Waals surface area contributed by atoms with E-state index in [4.69, 9.17) is 0 Å². The third-order valence-electron chi connectivity index (χ3n) is 8.40. The third-order valence-corrected chi connectivity index (χ3v) is 8.40. The molecule has 1 aliphatic heterocycles. The van der Waals surface area contributed by atoms with E-state index in [0.717, 1.165) is 44.1 Å². The fourth-order valence-corrected chi connectivity index (χ4v) is 6.35. The summed E-state index contributed by atoms with van der Waals surface area (Å²) in [6.07, 6.45) is 0. The summed E-state index contributed by atoms with van der Waals surface area (Å²) in [4.78, 5) is 29.1. The van der Waals surface area contributed by atoms with Crippen LogP contribution in [-0.4, -0.2) is 16.4 Å². The lowest BCUT2D eigenvalue weighted by molar-refractivity contribution is 0.0926. The van der Waals surface area contributed by atoms with Crippen molar-refractivity contribution < 1.29 is 9.59 Å². The molecular formula is C39H23N3O2. The quantitative estimate of drug-likeness (QED) is 0.200. The van der Waals surface area contributed by atoms with Crippen molar-refractivity contribution in [1.29, 1.82) is 5.26 Å². The van der Waals surface area contributed by atoms with Gasteiger partial charge in [0.25, 0.3) is 11.8 Å². The first kappa shape index (κ1) is 25.5. The molecule has 2 heterocycles. The fraction of sp³-hybridized carbons (Fsp3) is 0. The second-order valence-electron chi connectivity index (χ2n) is 10.8. The molecule has 6 aromatic carbocycles. The van der Waals surface area contributed by atoms with Crippen molar-refractivity contribution in [3.63, 3.8) is 0 Å². The number of fused-ring (bicyclic) bond motifs is 4. The number of benzene rings is 6. The first-order chi connectivity index (χ1) is 21.6. The van der Waals surface area contributed by atoms with Gasteiger partial charge < -0.3 is 4.57 Å². The predicted molar refractivity (Wildman–Crippen MR) is 174 cm³/mol. The molecule has 206 valence electrons. The number of carbonyl (C=O) groups excluding carboxylic acids is 2. The van der Waals surface area contributed by atoms with Crippen LogP contribution in [0.5, 0.6) is 0 Å². The first-order valence-electron chi connectivity index (χ1n) is 14.3. The number of imide groups is 1. The summed E-state index contributed by atoms with van der Waals surface area (Å²) in [5, 5.41) is 11.7. The Balaban J connectivity index is 1.27. The van der Waals surface area contributed by atoms with Gasteiger partial charge in [0.05, 0.1) is 45.2 Å². The molecule has 0 N–H and O–H groups in total. The number of para-hydroxylation sites is 1. The molecule has 5 heteroatoms. The second-order valence-corrected chi connectivity index (χ2v) is 10.8. The van der Waals surface area contributed by atoms with Crippen molar-refractivity contribution in [1.82, 2.24) is 4.57 Å². The molecule has 0 aliphatic carbocycles. The lowest BCUT2D eigenvalue weighted by Crippen LogP contribution is -2.29. The highest BCUT2D eigenvalue weighted by molar-refractivity contribution is 6.35. The van der Waals surface area contributed by atoms with Crippen molar-refractivity contribution in [2.24, 2.45) is 0 Å². The van der Waals surface area contributed by atoms with Crippen molar-refractivity contribution in [3.05, 3.63) is 156 Å². The van der Waals surface area contributed by atoms with Gasteiger partial charge in [-0.05, 0) is 70.8 Å². The number of aromatic nitrogens is 1. The zero-order chi connectivity index (χ0) is 29.8. The minimum atomic E-state index is -0.349. The van der Waals surface area contributed by atoms with Crippen LogP contribution in [0.1, 0.15) is 26.3 Å². The summed E-state index contributed by atoms with van der Waals surface area (Å²) in [5.41, 5.74) is 8.26. The van der Waals surface area contributed by atoms with Gasteiger partial charge in [-0.1, -0.05) is 91.0 Å². The molecule has 44 heavy (non-hydrogen) atoms. The molecule has 5 nitrogen and oxygen atoms in total. The largest absolute Gasteiger partial charge is 0.308 e. The Labute approximate surface area is 253 Å². The van der Waals surface area contributed by atoms with Crippen LogP contribution < -0.4 is 4.90 Å². The number of carbonyl (C=O) groups is 2. The van der Waals surface area contributed by atoms with Crippen LogP contribution >= 0.6 is 0 Å². The molecule has 0 atom stereocenters. The molecule has 1 aliphatic rings. The molecular weight excluding hydrogens is 542 g/mol. The van der Waals surface area contributed by atoms with E-state index in [1.807, 2.05) is 121 Å². The van der Waals surface area contributed by atoms with Gasteiger partial charge in [-0.2, -0.15) is 5.26 Å². The number of hydrogen-bond donors (Lipinski definition) is 0. The summed E-state index contributed by atoms with van der Waals surface area (Å²) in [7, 11) is 0. The van der Waals surface area contributed by atoms with Crippen LogP contribution in [0.3, 0.4) is 0 Å². The highest BCUT2D eigenvalue weighted by Gasteiger charge is 2.39. The maximum Gasteiger partial charge on any atom is 0.268 e. The minimum Gasteiger partial charge on any atom is -0.308 e. The van der Waals surface area contributed by atoms with E-state index >= 15 is 0 Å². The molecule has 0 saturated heterocycles. The van der Waals surface area contributed by atoms with Gasteiger partial charge in [0.1, 0.15) is 0 Å². The Morgan fingerprint density at radius 3 is 2.00 bits per heavy atom. The van der Waals surface area contributed by atoms with E-state index in [-0.39, 0.29) is 11.8 Å². The number of rotatable bonds is 4. The molecule has 0 fully saturated rings.